The topological polar surface area (TPSA) is 93.2 Å². The van der Waals surface area contributed by atoms with E-state index < -0.39 is 23.7 Å². The predicted octanol–water partition coefficient (Wildman–Crippen LogP) is 2.12. The summed E-state index contributed by atoms with van der Waals surface area (Å²) < 4.78 is 45.6. The van der Waals surface area contributed by atoms with E-state index in [-0.39, 0.29) is 10.7 Å². The lowest BCUT2D eigenvalue weighted by Gasteiger charge is -2.34. The van der Waals surface area contributed by atoms with Crippen molar-refractivity contribution in [3.63, 3.8) is 0 Å². The van der Waals surface area contributed by atoms with E-state index in [9.17, 15) is 22.8 Å². The number of hydrogen-bond acceptors (Lipinski definition) is 7. The van der Waals surface area contributed by atoms with Crippen molar-refractivity contribution >= 4 is 28.3 Å². The molecule has 0 spiro atoms. The summed E-state index contributed by atoms with van der Waals surface area (Å²) in [6.45, 7) is 1.57. The van der Waals surface area contributed by atoms with Crippen LogP contribution in [-0.2, 0) is 9.53 Å². The summed E-state index contributed by atoms with van der Waals surface area (Å²) in [5.41, 5.74) is -3.21. The Bertz CT molecular complexity index is 766. The third kappa shape index (κ3) is 3.87. The quantitative estimate of drug-likeness (QED) is 0.615. The highest BCUT2D eigenvalue weighted by Crippen LogP contribution is 2.34. The molecule has 25 heavy (non-hydrogen) atoms. The summed E-state index contributed by atoms with van der Waals surface area (Å²) in [7, 11) is 0.786. The lowest BCUT2D eigenvalue weighted by atomic mass is 10.1. The first-order valence-corrected chi connectivity index (χ1v) is 7.65. The van der Waals surface area contributed by atoms with Crippen LogP contribution in [0.25, 0.3) is 0 Å². The molecule has 2 N–H and O–H groups in total. The van der Waals surface area contributed by atoms with Crippen LogP contribution in [0.1, 0.15) is 16.1 Å². The van der Waals surface area contributed by atoms with Crippen molar-refractivity contribution < 1.29 is 27.5 Å². The van der Waals surface area contributed by atoms with Crippen molar-refractivity contribution in [3.8, 4) is 0 Å². The SMILES string of the molecule is COC(=O)[C@](NC(=O)c1cccnc1)(Nc1nc(C)cs1)C(F)(F)F. The third-order valence-electron chi connectivity index (χ3n) is 3.05. The maximum atomic E-state index is 13.8. The largest absolute Gasteiger partial charge is 0.466 e. The summed E-state index contributed by atoms with van der Waals surface area (Å²) in [6, 6.07) is 2.63. The molecule has 7 nitrogen and oxygen atoms in total. The van der Waals surface area contributed by atoms with Crippen LogP contribution in [0.2, 0.25) is 0 Å². The van der Waals surface area contributed by atoms with Gasteiger partial charge in [0.2, 0.25) is 0 Å². The van der Waals surface area contributed by atoms with Crippen LogP contribution in [0.3, 0.4) is 0 Å². The number of anilines is 1. The number of thiazole rings is 1. The molecule has 134 valence electrons. The normalized spacial score (nSPS) is 13.6. The van der Waals surface area contributed by atoms with Crippen molar-refractivity contribution in [1.82, 2.24) is 15.3 Å². The maximum absolute atomic E-state index is 13.8. The molecule has 11 heteroatoms. The maximum Gasteiger partial charge on any atom is 0.442 e. The van der Waals surface area contributed by atoms with E-state index in [0.29, 0.717) is 5.69 Å². The molecule has 0 aliphatic rings. The summed E-state index contributed by atoms with van der Waals surface area (Å²) in [4.78, 5) is 31.7. The van der Waals surface area contributed by atoms with Crippen molar-refractivity contribution in [1.29, 1.82) is 0 Å². The lowest BCUT2D eigenvalue weighted by Crippen LogP contribution is -2.69. The number of aromatic nitrogens is 2. The number of nitrogens with zero attached hydrogens (tertiary/aromatic N) is 2. The Hall–Kier alpha value is -2.69. The molecular weight excluding hydrogens is 361 g/mol. The average Bonchev–Trinajstić information content (AvgIpc) is 2.98. The number of ether oxygens (including phenoxy) is 1. The Balaban J connectivity index is 2.46. The van der Waals surface area contributed by atoms with Gasteiger partial charge < -0.3 is 15.4 Å². The van der Waals surface area contributed by atoms with E-state index in [0.717, 1.165) is 24.6 Å². The first-order chi connectivity index (χ1) is 11.7. The first-order valence-electron chi connectivity index (χ1n) is 6.77. The molecule has 2 heterocycles. The van der Waals surface area contributed by atoms with Crippen LogP contribution in [-0.4, -0.2) is 40.8 Å². The second kappa shape index (κ2) is 7.05. The molecule has 1 atom stereocenters. The lowest BCUT2D eigenvalue weighted by molar-refractivity contribution is -0.203. The molecule has 2 rings (SSSR count). The van der Waals surface area contributed by atoms with Crippen LogP contribution >= 0.6 is 11.3 Å². The molecule has 0 unspecified atom stereocenters. The van der Waals surface area contributed by atoms with Gasteiger partial charge in [-0.25, -0.2) is 9.78 Å². The fourth-order valence-corrected chi connectivity index (χ4v) is 2.60. The van der Waals surface area contributed by atoms with E-state index in [1.54, 1.807) is 12.2 Å². The molecule has 0 bridgehead atoms. The van der Waals surface area contributed by atoms with Gasteiger partial charge in [0, 0.05) is 17.8 Å². The second-order valence-electron chi connectivity index (χ2n) is 4.85. The smallest absolute Gasteiger partial charge is 0.442 e. The second-order valence-corrected chi connectivity index (χ2v) is 5.71. The number of pyridine rings is 1. The number of methoxy groups -OCH3 is 1. The Morgan fingerprint density at radius 2 is 2.04 bits per heavy atom. The van der Waals surface area contributed by atoms with Gasteiger partial charge in [-0.1, -0.05) is 0 Å². The van der Waals surface area contributed by atoms with Gasteiger partial charge in [-0.05, 0) is 19.1 Å². The number of esters is 1. The summed E-state index contributed by atoms with van der Waals surface area (Å²) in [5, 5.41) is 4.92. The van der Waals surface area contributed by atoms with E-state index in [4.69, 9.17) is 0 Å². The number of hydrogen-bond donors (Lipinski definition) is 2. The van der Waals surface area contributed by atoms with Crippen molar-refractivity contribution in [3.05, 3.63) is 41.2 Å². The fourth-order valence-electron chi connectivity index (χ4n) is 1.86. The van der Waals surface area contributed by atoms with Crippen LogP contribution in [0.15, 0.2) is 29.9 Å². The Morgan fingerprint density at radius 1 is 1.32 bits per heavy atom. The molecule has 0 aromatic carbocycles. The number of alkyl halides is 3. The molecule has 0 aliphatic heterocycles. The molecule has 0 aliphatic carbocycles. The van der Waals surface area contributed by atoms with Crippen LogP contribution in [0.4, 0.5) is 18.3 Å². The van der Waals surface area contributed by atoms with Gasteiger partial charge in [0.05, 0.1) is 18.4 Å². The van der Waals surface area contributed by atoms with E-state index in [1.165, 1.54) is 23.7 Å². The van der Waals surface area contributed by atoms with Gasteiger partial charge in [-0.3, -0.25) is 9.78 Å². The zero-order valence-electron chi connectivity index (χ0n) is 13.0. The number of aryl methyl sites for hydroxylation is 1. The standard InChI is InChI=1S/C14H13F3N4O3S/c1-8-7-25-12(19-8)21-13(11(23)24-2,14(15,16)17)20-10(22)9-4-3-5-18-6-9/h3-7H,1-2H3,(H,19,21)(H,20,22)/t13-/m0/s1. The summed E-state index contributed by atoms with van der Waals surface area (Å²) in [5.74, 6) is -2.89. The predicted molar refractivity (Wildman–Crippen MR) is 83.0 cm³/mol. The number of carbonyl (C=O) groups excluding carboxylic acids is 2. The van der Waals surface area contributed by atoms with Gasteiger partial charge in [0.1, 0.15) is 0 Å². The molecule has 0 fully saturated rings. The molecule has 0 radical (unpaired) electrons. The van der Waals surface area contributed by atoms with Gasteiger partial charge in [0.15, 0.2) is 5.13 Å². The van der Waals surface area contributed by atoms with Crippen molar-refractivity contribution in [2.24, 2.45) is 0 Å². The van der Waals surface area contributed by atoms with Gasteiger partial charge >= 0.3 is 17.8 Å². The minimum atomic E-state index is -5.21. The zero-order chi connectivity index (χ0) is 18.7. The minimum absolute atomic E-state index is 0.155. The van der Waals surface area contributed by atoms with Gasteiger partial charge in [-0.15, -0.1) is 11.3 Å². The van der Waals surface area contributed by atoms with E-state index >= 15 is 0 Å². The molecular formula is C14H13F3N4O3S. The van der Waals surface area contributed by atoms with Gasteiger partial charge in [-0.2, -0.15) is 13.2 Å². The minimum Gasteiger partial charge on any atom is -0.466 e. The highest BCUT2D eigenvalue weighted by molar-refractivity contribution is 7.13. The highest BCUT2D eigenvalue weighted by Gasteiger charge is 2.64. The zero-order valence-corrected chi connectivity index (χ0v) is 13.9. The number of halogens is 3. The number of amides is 1. The molecule has 2 aromatic rings. The molecule has 0 saturated carbocycles. The van der Waals surface area contributed by atoms with Crippen LogP contribution in [0.5, 0.6) is 0 Å². The van der Waals surface area contributed by atoms with Crippen LogP contribution < -0.4 is 10.6 Å². The van der Waals surface area contributed by atoms with Crippen LogP contribution in [0, 0.1) is 6.92 Å². The Morgan fingerprint density at radius 3 is 2.52 bits per heavy atom. The summed E-state index contributed by atoms with van der Waals surface area (Å²) >= 11 is 0.850. The van der Waals surface area contributed by atoms with Crippen molar-refractivity contribution in [2.75, 3.05) is 12.4 Å². The number of nitrogens with one attached hydrogen (secondary N) is 2. The number of carbonyl (C=O) groups is 2. The van der Waals surface area contributed by atoms with E-state index in [2.05, 4.69) is 14.7 Å². The molecule has 2 aromatic heterocycles. The fraction of sp³-hybridized carbons (Fsp3) is 0.286. The monoisotopic (exact) mass is 374 g/mol. The summed E-state index contributed by atoms with van der Waals surface area (Å²) in [6.07, 6.45) is -2.79. The molecule has 1 amide bonds. The molecule has 0 saturated heterocycles. The van der Waals surface area contributed by atoms with Gasteiger partial charge in [0.25, 0.3) is 5.91 Å². The Kier molecular flexibility index (Phi) is 5.26. The van der Waals surface area contributed by atoms with Crippen molar-refractivity contribution in [2.45, 2.75) is 18.8 Å². The Labute approximate surface area is 144 Å². The first kappa shape index (κ1) is 18.6. The highest BCUT2D eigenvalue weighted by atomic mass is 32.1. The third-order valence-corrected chi connectivity index (χ3v) is 3.93. The van der Waals surface area contributed by atoms with E-state index in [1.807, 2.05) is 5.32 Å². The average molecular weight is 374 g/mol. The number of rotatable bonds is 5.